The average molecular weight is 439 g/mol. The first-order chi connectivity index (χ1) is 16.0. The lowest BCUT2D eigenvalue weighted by atomic mass is 9.67. The maximum Gasteiger partial charge on any atom is 0.131 e. The van der Waals surface area contributed by atoms with Crippen LogP contribution in [0.2, 0.25) is 0 Å². The Kier molecular flexibility index (Phi) is 4.56. The summed E-state index contributed by atoms with van der Waals surface area (Å²) in [5.41, 5.74) is 6.70. The monoisotopic (exact) mass is 438 g/mol. The highest BCUT2D eigenvalue weighted by atomic mass is 19.1. The number of aryl methyl sites for hydroxylation is 1. The van der Waals surface area contributed by atoms with Gasteiger partial charge in [-0.25, -0.2) is 9.07 Å². The molecule has 0 amide bonds. The molecule has 1 heterocycles. The lowest BCUT2D eigenvalue weighted by Gasteiger charge is -2.38. The third-order valence-electron chi connectivity index (χ3n) is 7.91. The molecule has 0 radical (unpaired) electrons. The van der Waals surface area contributed by atoms with Gasteiger partial charge in [-0.3, -0.25) is 0 Å². The SMILES string of the molecule is Cc1ccc(-n2ncc3c2C=C2CC[C@H]([C@H](O)c4ccc(F)c5ccccc45)[C@@]2(C)C3)cc1. The predicted octanol–water partition coefficient (Wildman–Crippen LogP) is 6.56. The molecule has 1 saturated carbocycles. The molecule has 166 valence electrons. The van der Waals surface area contributed by atoms with Crippen molar-refractivity contribution in [2.45, 2.75) is 39.2 Å². The van der Waals surface area contributed by atoms with E-state index >= 15 is 0 Å². The molecule has 1 N–H and O–H groups in total. The normalized spacial score (nSPS) is 22.7. The standard InChI is InChI=1S/C29H27FN2O/c1-18-7-10-21(11-8-18)32-27-15-20-9-13-25(29(20,2)16-19(27)17-31-32)28(33)24-12-14-26(30)23-6-4-3-5-22(23)24/h3-8,10-12,14-15,17,25,28,33H,9,13,16H2,1-2H3/t25-,28-,29+/m1/s1. The molecule has 3 aromatic carbocycles. The molecule has 4 heteroatoms. The van der Waals surface area contributed by atoms with Crippen molar-refractivity contribution in [3.8, 4) is 5.69 Å². The highest BCUT2D eigenvalue weighted by Crippen LogP contribution is 2.57. The molecule has 3 atom stereocenters. The smallest absolute Gasteiger partial charge is 0.131 e. The first-order valence-corrected chi connectivity index (χ1v) is 11.7. The summed E-state index contributed by atoms with van der Waals surface area (Å²) in [4.78, 5) is 0. The number of allylic oxidation sites excluding steroid dienone is 1. The molecule has 6 rings (SSSR count). The van der Waals surface area contributed by atoms with E-state index in [0.29, 0.717) is 5.39 Å². The van der Waals surface area contributed by atoms with Gasteiger partial charge in [0.2, 0.25) is 0 Å². The zero-order valence-corrected chi connectivity index (χ0v) is 18.9. The Morgan fingerprint density at radius 3 is 2.61 bits per heavy atom. The molecule has 33 heavy (non-hydrogen) atoms. The predicted molar refractivity (Wildman–Crippen MR) is 130 cm³/mol. The lowest BCUT2D eigenvalue weighted by molar-refractivity contribution is 0.0566. The van der Waals surface area contributed by atoms with Crippen molar-refractivity contribution < 1.29 is 9.50 Å². The number of halogens is 1. The molecule has 3 nitrogen and oxygen atoms in total. The molecule has 0 saturated heterocycles. The maximum atomic E-state index is 14.4. The van der Waals surface area contributed by atoms with Crippen molar-refractivity contribution in [2.75, 3.05) is 0 Å². The number of fused-ring (bicyclic) bond motifs is 3. The van der Waals surface area contributed by atoms with Crippen LogP contribution in [0.4, 0.5) is 4.39 Å². The Labute approximate surface area is 193 Å². The maximum absolute atomic E-state index is 14.4. The van der Waals surface area contributed by atoms with Gasteiger partial charge in [0.05, 0.1) is 23.7 Å². The Balaban J connectivity index is 1.38. The molecular formula is C29H27FN2O. The van der Waals surface area contributed by atoms with Gasteiger partial charge in [-0.2, -0.15) is 5.10 Å². The molecule has 1 fully saturated rings. The molecule has 0 bridgehead atoms. The third-order valence-corrected chi connectivity index (χ3v) is 7.91. The van der Waals surface area contributed by atoms with Gasteiger partial charge in [-0.15, -0.1) is 0 Å². The van der Waals surface area contributed by atoms with Crippen LogP contribution in [0.3, 0.4) is 0 Å². The van der Waals surface area contributed by atoms with E-state index in [9.17, 15) is 9.50 Å². The van der Waals surface area contributed by atoms with Crippen LogP contribution in [0, 0.1) is 24.1 Å². The van der Waals surface area contributed by atoms with Gasteiger partial charge in [-0.1, -0.05) is 60.5 Å². The summed E-state index contributed by atoms with van der Waals surface area (Å²) in [6.45, 7) is 4.36. The van der Waals surface area contributed by atoms with E-state index in [1.54, 1.807) is 12.1 Å². The van der Waals surface area contributed by atoms with E-state index in [-0.39, 0.29) is 17.2 Å². The number of hydrogen-bond donors (Lipinski definition) is 1. The molecule has 2 aliphatic carbocycles. The zero-order valence-electron chi connectivity index (χ0n) is 18.9. The number of hydrogen-bond acceptors (Lipinski definition) is 2. The summed E-state index contributed by atoms with van der Waals surface area (Å²) in [6.07, 6.45) is 6.33. The molecule has 4 aromatic rings. The van der Waals surface area contributed by atoms with Gasteiger partial charge in [0.25, 0.3) is 0 Å². The van der Waals surface area contributed by atoms with E-state index in [1.165, 1.54) is 22.8 Å². The quantitative estimate of drug-likeness (QED) is 0.393. The van der Waals surface area contributed by atoms with Crippen LogP contribution < -0.4 is 0 Å². The van der Waals surface area contributed by atoms with Crippen molar-refractivity contribution in [3.05, 3.63) is 101 Å². The summed E-state index contributed by atoms with van der Waals surface area (Å²) in [6, 6.07) is 19.1. The largest absolute Gasteiger partial charge is 0.388 e. The Bertz CT molecular complexity index is 1400. The fourth-order valence-corrected chi connectivity index (χ4v) is 6.04. The third kappa shape index (κ3) is 3.08. The van der Waals surface area contributed by atoms with E-state index in [2.05, 4.69) is 44.2 Å². The van der Waals surface area contributed by atoms with E-state index in [4.69, 9.17) is 5.10 Å². The van der Waals surface area contributed by atoms with Crippen LogP contribution in [-0.2, 0) is 6.42 Å². The number of rotatable bonds is 3. The number of aliphatic hydroxyl groups excluding tert-OH is 1. The molecule has 0 unspecified atom stereocenters. The van der Waals surface area contributed by atoms with Gasteiger partial charge < -0.3 is 5.11 Å². The van der Waals surface area contributed by atoms with Crippen molar-refractivity contribution in [1.82, 2.24) is 9.78 Å². The minimum absolute atomic E-state index is 0.0634. The van der Waals surface area contributed by atoms with Crippen molar-refractivity contribution in [2.24, 2.45) is 11.3 Å². The van der Waals surface area contributed by atoms with E-state index in [0.717, 1.165) is 41.6 Å². The van der Waals surface area contributed by atoms with Crippen molar-refractivity contribution in [1.29, 1.82) is 0 Å². The molecule has 0 aliphatic heterocycles. The van der Waals surface area contributed by atoms with Gasteiger partial charge in [0.1, 0.15) is 5.82 Å². The fraction of sp³-hybridized carbons (Fsp3) is 0.276. The van der Waals surface area contributed by atoms with E-state index in [1.807, 2.05) is 29.1 Å². The summed E-state index contributed by atoms with van der Waals surface area (Å²) in [5, 5.41) is 17.7. The number of aliphatic hydroxyl groups is 1. The van der Waals surface area contributed by atoms with Gasteiger partial charge in [0.15, 0.2) is 0 Å². The first-order valence-electron chi connectivity index (χ1n) is 11.7. The topological polar surface area (TPSA) is 38.0 Å². The molecule has 0 spiro atoms. The highest BCUT2D eigenvalue weighted by molar-refractivity contribution is 5.86. The Morgan fingerprint density at radius 1 is 1.06 bits per heavy atom. The molecular weight excluding hydrogens is 411 g/mol. The average Bonchev–Trinajstić information content (AvgIpc) is 3.37. The lowest BCUT2D eigenvalue weighted by Crippen LogP contribution is -2.32. The second-order valence-electron chi connectivity index (χ2n) is 9.84. The van der Waals surface area contributed by atoms with Crippen LogP contribution in [0.1, 0.15) is 48.3 Å². The van der Waals surface area contributed by atoms with Crippen molar-refractivity contribution in [3.63, 3.8) is 0 Å². The second-order valence-corrected chi connectivity index (χ2v) is 9.84. The first kappa shape index (κ1) is 20.4. The Morgan fingerprint density at radius 2 is 1.82 bits per heavy atom. The van der Waals surface area contributed by atoms with Gasteiger partial charge in [0, 0.05) is 5.39 Å². The van der Waals surface area contributed by atoms with Gasteiger partial charge >= 0.3 is 0 Å². The van der Waals surface area contributed by atoms with E-state index < -0.39 is 6.10 Å². The van der Waals surface area contributed by atoms with Crippen molar-refractivity contribution >= 4 is 16.8 Å². The zero-order chi connectivity index (χ0) is 22.7. The van der Waals surface area contributed by atoms with Crippen LogP contribution >= 0.6 is 0 Å². The summed E-state index contributed by atoms with van der Waals surface area (Å²) in [7, 11) is 0. The summed E-state index contributed by atoms with van der Waals surface area (Å²) < 4.78 is 16.4. The molecule has 1 aromatic heterocycles. The summed E-state index contributed by atoms with van der Waals surface area (Å²) in [5.74, 6) is -0.181. The highest BCUT2D eigenvalue weighted by Gasteiger charge is 2.48. The van der Waals surface area contributed by atoms with Crippen LogP contribution in [-0.4, -0.2) is 14.9 Å². The fourth-order valence-electron chi connectivity index (χ4n) is 6.04. The summed E-state index contributed by atoms with van der Waals surface area (Å²) >= 11 is 0. The minimum Gasteiger partial charge on any atom is -0.388 e. The number of aromatic nitrogens is 2. The van der Waals surface area contributed by atoms with Crippen LogP contribution in [0.5, 0.6) is 0 Å². The van der Waals surface area contributed by atoms with Crippen LogP contribution in [0.15, 0.2) is 72.4 Å². The Hall–Kier alpha value is -3.24. The number of benzene rings is 3. The molecule has 2 aliphatic rings. The minimum atomic E-state index is -0.653. The van der Waals surface area contributed by atoms with Crippen LogP contribution in [0.25, 0.3) is 22.5 Å². The number of nitrogens with zero attached hydrogens (tertiary/aromatic N) is 2. The second kappa shape index (κ2) is 7.39. The van der Waals surface area contributed by atoms with Gasteiger partial charge in [-0.05, 0) is 78.3 Å².